The van der Waals surface area contributed by atoms with E-state index >= 15 is 4.39 Å². The fourth-order valence-corrected chi connectivity index (χ4v) is 6.25. The van der Waals surface area contributed by atoms with Crippen molar-refractivity contribution >= 4 is 52.5 Å². The zero-order valence-electron chi connectivity index (χ0n) is 32.9. The number of ether oxygens (including phenoxy) is 5. The molecule has 16 heteroatoms. The maximum Gasteiger partial charge on any atom is 0.425 e. The molecule has 0 aliphatic carbocycles. The third-order valence-electron chi connectivity index (χ3n) is 8.87. The van der Waals surface area contributed by atoms with Crippen molar-refractivity contribution in [3.8, 4) is 11.1 Å². The van der Waals surface area contributed by atoms with Crippen molar-refractivity contribution in [1.29, 1.82) is 0 Å². The predicted octanol–water partition coefficient (Wildman–Crippen LogP) is 7.85. The molecular formula is C40H47ClFN5O9. The highest BCUT2D eigenvalue weighted by Gasteiger charge is 2.50. The van der Waals surface area contributed by atoms with Crippen LogP contribution in [0.1, 0.15) is 74.1 Å². The number of anilines is 1. The van der Waals surface area contributed by atoms with Crippen LogP contribution in [0.5, 0.6) is 0 Å². The Bertz CT molecular complexity index is 2040. The van der Waals surface area contributed by atoms with Gasteiger partial charge < -0.3 is 23.7 Å². The Morgan fingerprint density at radius 1 is 0.911 bits per heavy atom. The van der Waals surface area contributed by atoms with Crippen LogP contribution in [0.25, 0.3) is 22.3 Å². The Morgan fingerprint density at radius 2 is 1.50 bits per heavy atom. The number of fused-ring (bicyclic) bond motifs is 1. The van der Waals surface area contributed by atoms with Crippen molar-refractivity contribution in [2.24, 2.45) is 5.92 Å². The number of rotatable bonds is 11. The minimum Gasteiger partial charge on any atom is -0.463 e. The highest BCUT2D eigenvalue weighted by atomic mass is 35.5. The summed E-state index contributed by atoms with van der Waals surface area (Å²) in [6.45, 7) is 13.8. The lowest BCUT2D eigenvalue weighted by molar-refractivity contribution is -0.182. The smallest absolute Gasteiger partial charge is 0.425 e. The van der Waals surface area contributed by atoms with Gasteiger partial charge in [-0.15, -0.1) is 0 Å². The van der Waals surface area contributed by atoms with Crippen LogP contribution in [-0.2, 0) is 39.7 Å². The maximum absolute atomic E-state index is 16.3. The number of nitrogens with zero attached hydrogens (tertiary/aromatic N) is 5. The van der Waals surface area contributed by atoms with Crippen molar-refractivity contribution in [1.82, 2.24) is 19.5 Å². The van der Waals surface area contributed by atoms with E-state index in [0.29, 0.717) is 10.5 Å². The lowest BCUT2D eigenvalue weighted by Crippen LogP contribution is -2.52. The zero-order valence-corrected chi connectivity index (χ0v) is 33.6. The number of aromatic nitrogens is 4. The highest BCUT2D eigenvalue weighted by Crippen LogP contribution is 2.40. The summed E-state index contributed by atoms with van der Waals surface area (Å²) in [4.78, 5) is 67.0. The van der Waals surface area contributed by atoms with E-state index in [1.165, 1.54) is 17.8 Å². The number of alkyl halides is 1. The molecule has 300 valence electrons. The van der Waals surface area contributed by atoms with Gasteiger partial charge in [0.05, 0.1) is 25.6 Å². The van der Waals surface area contributed by atoms with Crippen LogP contribution in [-0.4, -0.2) is 85.8 Å². The van der Waals surface area contributed by atoms with E-state index in [1.807, 2.05) is 54.6 Å². The highest BCUT2D eigenvalue weighted by molar-refractivity contribution is 6.29. The number of ketones is 1. The van der Waals surface area contributed by atoms with E-state index in [0.717, 1.165) is 11.1 Å². The molecule has 5 atom stereocenters. The summed E-state index contributed by atoms with van der Waals surface area (Å²) in [5.41, 5.74) is -1.67. The SMILES string of the molecule is CCOC(=O)C(Cc1ccc(-c2ccccc2)cc1)(OC[C@H]1O[C@@H](n2cnc3c(N(C(=O)OC(C)(C)C)C(=O)OC(C)(C)C)nc(Cl)nc32)[C@@H](F)[C@@H]1C)C(C)=O. The molecule has 1 saturated heterocycles. The van der Waals surface area contributed by atoms with Crippen LogP contribution in [0.15, 0.2) is 60.9 Å². The number of hydrogen-bond donors (Lipinski definition) is 0. The second-order valence-electron chi connectivity index (χ2n) is 15.5. The molecule has 14 nitrogen and oxygen atoms in total. The Labute approximate surface area is 329 Å². The number of hydrogen-bond acceptors (Lipinski definition) is 12. The largest absolute Gasteiger partial charge is 0.463 e. The van der Waals surface area contributed by atoms with Crippen LogP contribution in [0.3, 0.4) is 0 Å². The van der Waals surface area contributed by atoms with Gasteiger partial charge in [0, 0.05) is 12.3 Å². The fourth-order valence-electron chi connectivity index (χ4n) is 6.09. The van der Waals surface area contributed by atoms with Crippen LogP contribution < -0.4 is 4.90 Å². The summed E-state index contributed by atoms with van der Waals surface area (Å²) in [7, 11) is 0. The second-order valence-corrected chi connectivity index (χ2v) is 15.8. The quantitative estimate of drug-likeness (QED) is 0.0627. The summed E-state index contributed by atoms with van der Waals surface area (Å²) in [5, 5.41) is -0.398. The monoisotopic (exact) mass is 795 g/mol. The first-order valence-electron chi connectivity index (χ1n) is 18.2. The first kappa shape index (κ1) is 42.2. The molecule has 0 spiro atoms. The molecule has 0 radical (unpaired) electrons. The first-order chi connectivity index (χ1) is 26.2. The number of benzene rings is 2. The normalized spacial score (nSPS) is 19.6. The molecule has 3 heterocycles. The number of carbonyl (C=O) groups excluding carboxylic acids is 4. The zero-order chi connectivity index (χ0) is 41.2. The summed E-state index contributed by atoms with van der Waals surface area (Å²) in [5.74, 6) is -2.66. The summed E-state index contributed by atoms with van der Waals surface area (Å²) in [6, 6.07) is 17.1. The van der Waals surface area contributed by atoms with E-state index in [9.17, 15) is 19.2 Å². The Balaban J connectivity index is 1.44. The topological polar surface area (TPSA) is 161 Å². The van der Waals surface area contributed by atoms with Gasteiger partial charge in [-0.05, 0) is 83.7 Å². The summed E-state index contributed by atoms with van der Waals surface area (Å²) in [6.07, 6.45) is -5.19. The molecule has 0 saturated carbocycles. The molecule has 2 aromatic carbocycles. The molecule has 5 rings (SSSR count). The van der Waals surface area contributed by atoms with E-state index in [4.69, 9.17) is 35.3 Å². The number of Topliss-reactive ketones (excluding diaryl/α,β-unsaturated/α-hetero) is 1. The van der Waals surface area contributed by atoms with Crippen molar-refractivity contribution in [2.75, 3.05) is 18.1 Å². The Kier molecular flexibility index (Phi) is 12.5. The molecule has 4 aromatic rings. The fraction of sp³-hybridized carbons (Fsp3) is 0.475. The van der Waals surface area contributed by atoms with Crippen molar-refractivity contribution in [3.05, 3.63) is 71.8 Å². The van der Waals surface area contributed by atoms with Gasteiger partial charge in [-0.3, -0.25) is 9.36 Å². The van der Waals surface area contributed by atoms with Crippen LogP contribution in [0, 0.1) is 5.92 Å². The number of imide groups is 1. The maximum atomic E-state index is 16.3. The van der Waals surface area contributed by atoms with Gasteiger partial charge in [0.15, 0.2) is 35.2 Å². The summed E-state index contributed by atoms with van der Waals surface area (Å²) >= 11 is 6.34. The number of imidazole rings is 1. The van der Waals surface area contributed by atoms with E-state index in [1.54, 1.807) is 55.4 Å². The minimum atomic E-state index is -2.05. The standard InChI is InChI=1S/C40H47ClFN5O9/c1-10-52-34(49)40(24(3)48,20-25-16-18-27(19-17-25)26-14-12-11-13-15-26)53-21-28-23(2)29(42)33(54-28)46-22-43-30-31(46)44-35(41)45-32(30)47(36(50)55-38(4,5)6)37(51)56-39(7,8)9/h11-19,22-23,28-29,33H,10,20-21H2,1-9H3/t23-,28-,29+,33-,40?/m1/s1. The third-order valence-corrected chi connectivity index (χ3v) is 9.04. The molecule has 0 bridgehead atoms. The van der Waals surface area contributed by atoms with Gasteiger partial charge in [0.1, 0.15) is 11.2 Å². The number of carbonyl (C=O) groups is 4. The third kappa shape index (κ3) is 9.33. The number of amides is 2. The predicted molar refractivity (Wildman–Crippen MR) is 205 cm³/mol. The molecule has 1 unspecified atom stereocenters. The van der Waals surface area contributed by atoms with Gasteiger partial charge >= 0.3 is 18.2 Å². The van der Waals surface area contributed by atoms with Crippen molar-refractivity contribution < 1.29 is 47.3 Å². The molecule has 2 aromatic heterocycles. The molecule has 56 heavy (non-hydrogen) atoms. The molecule has 1 aliphatic heterocycles. The van der Waals surface area contributed by atoms with E-state index in [-0.39, 0.29) is 36.6 Å². The Morgan fingerprint density at radius 3 is 2.05 bits per heavy atom. The van der Waals surface area contributed by atoms with Gasteiger partial charge in [-0.1, -0.05) is 61.5 Å². The van der Waals surface area contributed by atoms with Gasteiger partial charge in [-0.2, -0.15) is 14.9 Å². The molecule has 0 N–H and O–H groups in total. The van der Waals surface area contributed by atoms with Crippen LogP contribution >= 0.6 is 11.6 Å². The minimum absolute atomic E-state index is 0.00544. The van der Waals surface area contributed by atoms with Crippen LogP contribution in [0.4, 0.5) is 19.8 Å². The molecule has 1 fully saturated rings. The van der Waals surface area contributed by atoms with E-state index in [2.05, 4.69) is 15.0 Å². The average molecular weight is 796 g/mol. The number of esters is 1. The average Bonchev–Trinajstić information content (AvgIpc) is 3.65. The lowest BCUT2D eigenvalue weighted by atomic mass is 9.89. The number of halogens is 2. The molecule has 2 amide bonds. The van der Waals surface area contributed by atoms with Gasteiger partial charge in [0.25, 0.3) is 0 Å². The van der Waals surface area contributed by atoms with Crippen molar-refractivity contribution in [3.63, 3.8) is 0 Å². The van der Waals surface area contributed by atoms with Gasteiger partial charge in [0.2, 0.25) is 10.9 Å². The van der Waals surface area contributed by atoms with Gasteiger partial charge in [-0.25, -0.2) is 23.8 Å². The van der Waals surface area contributed by atoms with Crippen molar-refractivity contribution in [2.45, 2.75) is 104 Å². The van der Waals surface area contributed by atoms with E-state index < -0.39 is 70.4 Å². The second kappa shape index (κ2) is 16.6. The Hall–Kier alpha value is -4.99. The summed E-state index contributed by atoms with van der Waals surface area (Å²) < 4.78 is 46.2. The first-order valence-corrected chi connectivity index (χ1v) is 18.5. The van der Waals surface area contributed by atoms with Crippen LogP contribution in [0.2, 0.25) is 5.28 Å². The lowest BCUT2D eigenvalue weighted by Gasteiger charge is -2.31. The molecule has 1 aliphatic rings. The molecular weight excluding hydrogens is 749 g/mol.